The van der Waals surface area contributed by atoms with E-state index in [2.05, 4.69) is 54.2 Å². The van der Waals surface area contributed by atoms with E-state index < -0.39 is 0 Å². The Balaban J connectivity index is 3.73. The van der Waals surface area contributed by atoms with Crippen LogP contribution in [0.1, 0.15) is 41.5 Å². The summed E-state index contributed by atoms with van der Waals surface area (Å²) < 4.78 is 0. The zero-order valence-corrected chi connectivity index (χ0v) is 21.7. The van der Waals surface area contributed by atoms with Crippen LogP contribution in [0.4, 0.5) is 17.8 Å². The molecule has 0 aromatic carbocycles. The van der Waals surface area contributed by atoms with Crippen molar-refractivity contribution in [2.75, 3.05) is 54.0 Å². The van der Waals surface area contributed by atoms with Crippen LogP contribution in [0.15, 0.2) is 72.9 Å². The summed E-state index contributed by atoms with van der Waals surface area (Å²) in [4.78, 5) is 20.9. The van der Waals surface area contributed by atoms with E-state index in [1.807, 2.05) is 41.5 Å². The normalized spacial score (nSPS) is 10.4. The molecule has 0 spiro atoms. The Morgan fingerprint density at radius 3 is 0.697 bits per heavy atom. The average Bonchev–Trinajstić information content (AvgIpc) is 2.64. The maximum absolute atomic E-state index is 4.88. The van der Waals surface area contributed by atoms with Gasteiger partial charge in [-0.15, -0.1) is 0 Å². The number of anilines is 3. The van der Waals surface area contributed by atoms with Gasteiger partial charge in [0.15, 0.2) is 0 Å². The molecule has 0 aliphatic rings. The molecule has 0 amide bonds. The highest BCUT2D eigenvalue weighted by Crippen LogP contribution is 2.23. The average molecular weight is 451 g/mol. The van der Waals surface area contributed by atoms with Crippen molar-refractivity contribution in [1.29, 1.82) is 0 Å². The van der Waals surface area contributed by atoms with E-state index in [-0.39, 0.29) is 0 Å². The van der Waals surface area contributed by atoms with Crippen molar-refractivity contribution >= 4 is 17.8 Å². The largest absolute Gasteiger partial charge is 0.333 e. The molecule has 1 aromatic heterocycles. The molecule has 0 aliphatic heterocycles. The third-order valence-electron chi connectivity index (χ3n) is 4.21. The molecule has 6 nitrogen and oxygen atoms in total. The van der Waals surface area contributed by atoms with Gasteiger partial charge in [0.2, 0.25) is 17.8 Å². The topological polar surface area (TPSA) is 48.4 Å². The second kappa shape index (κ2) is 12.8. The molecule has 33 heavy (non-hydrogen) atoms. The van der Waals surface area contributed by atoms with Gasteiger partial charge in [0, 0.05) is 39.3 Å². The number of hydrogen-bond acceptors (Lipinski definition) is 6. The van der Waals surface area contributed by atoms with Crippen molar-refractivity contribution in [3.8, 4) is 0 Å². The van der Waals surface area contributed by atoms with Crippen molar-refractivity contribution in [3.05, 3.63) is 72.9 Å². The van der Waals surface area contributed by atoms with Crippen molar-refractivity contribution in [1.82, 2.24) is 15.0 Å². The first-order valence-corrected chi connectivity index (χ1v) is 11.2. The number of rotatable bonds is 15. The fourth-order valence-corrected chi connectivity index (χ4v) is 3.31. The van der Waals surface area contributed by atoms with Crippen molar-refractivity contribution in [2.45, 2.75) is 41.5 Å². The minimum atomic E-state index is 0.586. The standard InChI is InChI=1S/C27H42N6/c1-19(2)13-31(14-20(3)4)25-28-26(32(15-21(5)6)16-22(7)8)30-27(29-25)33(17-23(9)10)18-24(11)12/h1,3,5,7,9,11,13-18H2,2,4,6,8,10,12H3. The summed E-state index contributed by atoms with van der Waals surface area (Å²) in [6.45, 7) is 40.3. The van der Waals surface area contributed by atoms with E-state index in [0.29, 0.717) is 57.1 Å². The first-order chi connectivity index (χ1) is 15.3. The molecule has 1 aromatic rings. The lowest BCUT2D eigenvalue weighted by Crippen LogP contribution is -2.35. The summed E-state index contributed by atoms with van der Waals surface area (Å²) >= 11 is 0. The summed E-state index contributed by atoms with van der Waals surface area (Å²) in [5, 5.41) is 0. The molecular weight excluding hydrogens is 408 g/mol. The predicted octanol–water partition coefficient (Wildman–Crippen LogP) is 5.75. The SMILES string of the molecule is C=C(C)CN(CC(=C)C)c1nc(N(CC(=C)C)CC(=C)C)nc(N(CC(=C)C)CC(=C)C)n1. The molecule has 180 valence electrons. The molecule has 0 N–H and O–H groups in total. The van der Waals surface area contributed by atoms with E-state index in [4.69, 9.17) is 15.0 Å². The molecule has 1 rings (SSSR count). The third-order valence-corrected chi connectivity index (χ3v) is 4.21. The quantitative estimate of drug-likeness (QED) is 0.317. The zero-order valence-electron chi connectivity index (χ0n) is 21.7. The molecule has 0 saturated carbocycles. The Bertz CT molecular complexity index is 747. The molecule has 0 fully saturated rings. The predicted molar refractivity (Wildman–Crippen MR) is 145 cm³/mol. The summed E-state index contributed by atoms with van der Waals surface area (Å²) in [5.74, 6) is 1.76. The fourth-order valence-electron chi connectivity index (χ4n) is 3.31. The maximum Gasteiger partial charge on any atom is 0.232 e. The van der Waals surface area contributed by atoms with E-state index in [9.17, 15) is 0 Å². The molecule has 0 aliphatic carbocycles. The summed E-state index contributed by atoms with van der Waals surface area (Å²) in [6, 6.07) is 0. The van der Waals surface area contributed by atoms with Gasteiger partial charge in [-0.3, -0.25) is 0 Å². The number of nitrogens with zero attached hydrogens (tertiary/aromatic N) is 6. The van der Waals surface area contributed by atoms with Crippen LogP contribution in [-0.4, -0.2) is 54.2 Å². The van der Waals surface area contributed by atoms with Crippen LogP contribution >= 0.6 is 0 Å². The van der Waals surface area contributed by atoms with E-state index >= 15 is 0 Å². The van der Waals surface area contributed by atoms with Gasteiger partial charge in [-0.25, -0.2) is 0 Å². The Hall–Kier alpha value is -3.15. The van der Waals surface area contributed by atoms with E-state index in [1.165, 1.54) is 0 Å². The molecular formula is C27H42N6. The van der Waals surface area contributed by atoms with Crippen LogP contribution in [0.2, 0.25) is 0 Å². The van der Waals surface area contributed by atoms with Gasteiger partial charge in [-0.05, 0) is 41.5 Å². The van der Waals surface area contributed by atoms with Gasteiger partial charge in [0.05, 0.1) is 0 Å². The van der Waals surface area contributed by atoms with Gasteiger partial charge in [-0.2, -0.15) is 15.0 Å². The van der Waals surface area contributed by atoms with Crippen molar-refractivity contribution in [3.63, 3.8) is 0 Å². The van der Waals surface area contributed by atoms with Crippen molar-refractivity contribution in [2.24, 2.45) is 0 Å². The van der Waals surface area contributed by atoms with Crippen LogP contribution in [0, 0.1) is 0 Å². The van der Waals surface area contributed by atoms with Crippen LogP contribution in [0.25, 0.3) is 0 Å². The first-order valence-electron chi connectivity index (χ1n) is 11.2. The Morgan fingerprint density at radius 2 is 0.576 bits per heavy atom. The third kappa shape index (κ3) is 10.3. The monoisotopic (exact) mass is 450 g/mol. The van der Waals surface area contributed by atoms with E-state index in [0.717, 1.165) is 33.4 Å². The zero-order chi connectivity index (χ0) is 25.3. The highest BCUT2D eigenvalue weighted by molar-refractivity contribution is 5.50. The fraction of sp³-hybridized carbons (Fsp3) is 0.444. The van der Waals surface area contributed by atoms with Gasteiger partial charge >= 0.3 is 0 Å². The second-order valence-corrected chi connectivity index (χ2v) is 9.55. The van der Waals surface area contributed by atoms with Gasteiger partial charge in [-0.1, -0.05) is 72.9 Å². The summed E-state index contributed by atoms with van der Waals surface area (Å²) in [7, 11) is 0. The highest BCUT2D eigenvalue weighted by atomic mass is 15.4. The number of aromatic nitrogens is 3. The van der Waals surface area contributed by atoms with Crippen LogP contribution in [0.5, 0.6) is 0 Å². The lowest BCUT2D eigenvalue weighted by Gasteiger charge is -2.30. The lowest BCUT2D eigenvalue weighted by atomic mass is 10.2. The summed E-state index contributed by atoms with van der Waals surface area (Å²) in [5.41, 5.74) is 6.09. The minimum Gasteiger partial charge on any atom is -0.333 e. The molecule has 0 bridgehead atoms. The molecule has 0 unspecified atom stereocenters. The summed E-state index contributed by atoms with van der Waals surface area (Å²) in [6.07, 6.45) is 0. The Kier molecular flexibility index (Phi) is 10.8. The van der Waals surface area contributed by atoms with Crippen molar-refractivity contribution < 1.29 is 0 Å². The smallest absolute Gasteiger partial charge is 0.232 e. The molecule has 0 radical (unpaired) electrons. The van der Waals surface area contributed by atoms with E-state index in [1.54, 1.807) is 0 Å². The molecule has 0 atom stereocenters. The Labute approximate surface area is 201 Å². The van der Waals surface area contributed by atoms with Gasteiger partial charge in [0.25, 0.3) is 0 Å². The van der Waals surface area contributed by atoms with Crippen LogP contribution < -0.4 is 14.7 Å². The molecule has 0 saturated heterocycles. The van der Waals surface area contributed by atoms with Gasteiger partial charge < -0.3 is 14.7 Å². The number of hydrogen-bond donors (Lipinski definition) is 0. The maximum atomic E-state index is 4.88. The Morgan fingerprint density at radius 1 is 0.424 bits per heavy atom. The van der Waals surface area contributed by atoms with Crippen LogP contribution in [-0.2, 0) is 0 Å². The lowest BCUT2D eigenvalue weighted by molar-refractivity contribution is 0.771. The highest BCUT2D eigenvalue weighted by Gasteiger charge is 2.21. The minimum absolute atomic E-state index is 0.586. The first kappa shape index (κ1) is 27.9. The van der Waals surface area contributed by atoms with Gasteiger partial charge in [0.1, 0.15) is 0 Å². The van der Waals surface area contributed by atoms with Crippen LogP contribution in [0.3, 0.4) is 0 Å². The molecule has 6 heteroatoms. The second-order valence-electron chi connectivity index (χ2n) is 9.55. The molecule has 1 heterocycles.